The molecule has 0 spiro atoms. The average molecular weight is 212 g/mol. The van der Waals surface area contributed by atoms with E-state index in [0.717, 1.165) is 0 Å². The summed E-state index contributed by atoms with van der Waals surface area (Å²) >= 11 is 5.73. The number of nitriles is 1. The van der Waals surface area contributed by atoms with Crippen LogP contribution in [0.5, 0.6) is 5.75 Å². The molecule has 0 atom stereocenters. The van der Waals surface area contributed by atoms with E-state index in [4.69, 9.17) is 26.7 Å². The molecule has 0 saturated carbocycles. The van der Waals surface area contributed by atoms with Crippen molar-refractivity contribution in [1.82, 2.24) is 0 Å². The lowest BCUT2D eigenvalue weighted by molar-refractivity contribution is 0.0696. The van der Waals surface area contributed by atoms with Gasteiger partial charge in [-0.05, 0) is 12.1 Å². The summed E-state index contributed by atoms with van der Waals surface area (Å²) in [6.07, 6.45) is 0. The van der Waals surface area contributed by atoms with E-state index < -0.39 is 5.97 Å². The zero-order valence-corrected chi connectivity index (χ0v) is 8.00. The van der Waals surface area contributed by atoms with Crippen molar-refractivity contribution in [3.8, 4) is 11.8 Å². The number of carboxylic acid groups (broad SMARTS) is 1. The van der Waals surface area contributed by atoms with Crippen LogP contribution < -0.4 is 4.74 Å². The van der Waals surface area contributed by atoms with Gasteiger partial charge in [0.05, 0.1) is 23.3 Å². The van der Waals surface area contributed by atoms with Crippen molar-refractivity contribution in [1.29, 1.82) is 5.26 Å². The van der Waals surface area contributed by atoms with Gasteiger partial charge in [-0.2, -0.15) is 5.26 Å². The minimum Gasteiger partial charge on any atom is -0.494 e. The van der Waals surface area contributed by atoms with Crippen molar-refractivity contribution in [3.63, 3.8) is 0 Å². The summed E-state index contributed by atoms with van der Waals surface area (Å²) in [5.74, 6) is -1.06. The second-order valence-corrected chi connectivity index (χ2v) is 2.80. The van der Waals surface area contributed by atoms with Gasteiger partial charge in [0.25, 0.3) is 0 Å². The predicted octanol–water partition coefficient (Wildman–Crippen LogP) is 1.92. The molecule has 0 radical (unpaired) electrons. The second-order valence-electron chi connectivity index (χ2n) is 2.42. The molecule has 0 heterocycles. The van der Waals surface area contributed by atoms with Crippen LogP contribution in [-0.2, 0) is 0 Å². The van der Waals surface area contributed by atoms with E-state index in [1.165, 1.54) is 19.2 Å². The summed E-state index contributed by atoms with van der Waals surface area (Å²) < 4.78 is 4.84. The molecule has 0 saturated heterocycles. The fourth-order valence-electron chi connectivity index (χ4n) is 1.01. The molecule has 4 nitrogen and oxygen atoms in total. The lowest BCUT2D eigenvalue weighted by atomic mass is 10.1. The molecule has 72 valence electrons. The molecule has 0 aliphatic carbocycles. The molecule has 1 aromatic rings. The zero-order valence-electron chi connectivity index (χ0n) is 7.24. The SMILES string of the molecule is COc1c(C#N)ccc(C(=O)O)c1Cl. The topological polar surface area (TPSA) is 70.3 Å². The third kappa shape index (κ3) is 1.63. The van der Waals surface area contributed by atoms with Crippen molar-refractivity contribution in [2.75, 3.05) is 7.11 Å². The number of benzene rings is 1. The maximum absolute atomic E-state index is 10.7. The molecule has 0 aliphatic heterocycles. The third-order valence-corrected chi connectivity index (χ3v) is 2.03. The first-order chi connectivity index (χ1) is 6.61. The standard InChI is InChI=1S/C9H6ClNO3/c1-14-8-5(4-11)2-3-6(7(8)10)9(12)13/h2-3H,1H3,(H,12,13). The van der Waals surface area contributed by atoms with Crippen LogP contribution in [0.15, 0.2) is 12.1 Å². The van der Waals surface area contributed by atoms with Crippen LogP contribution in [0, 0.1) is 11.3 Å². The highest BCUT2D eigenvalue weighted by Gasteiger charge is 2.16. The van der Waals surface area contributed by atoms with Crippen molar-refractivity contribution in [2.45, 2.75) is 0 Å². The van der Waals surface area contributed by atoms with E-state index in [-0.39, 0.29) is 21.9 Å². The first-order valence-corrected chi connectivity index (χ1v) is 3.99. The van der Waals surface area contributed by atoms with E-state index in [1.54, 1.807) is 0 Å². The van der Waals surface area contributed by atoms with Crippen molar-refractivity contribution < 1.29 is 14.6 Å². The Hall–Kier alpha value is -1.73. The molecule has 0 fully saturated rings. The van der Waals surface area contributed by atoms with Crippen LogP contribution in [0.4, 0.5) is 0 Å². The molecule has 1 aromatic carbocycles. The molecular formula is C9H6ClNO3. The number of rotatable bonds is 2. The number of carbonyl (C=O) groups is 1. The fraction of sp³-hybridized carbons (Fsp3) is 0.111. The average Bonchev–Trinajstić information content (AvgIpc) is 2.16. The molecule has 14 heavy (non-hydrogen) atoms. The molecule has 5 heteroatoms. The highest BCUT2D eigenvalue weighted by Crippen LogP contribution is 2.31. The first kappa shape index (κ1) is 10.4. The summed E-state index contributed by atoms with van der Waals surface area (Å²) in [7, 11) is 1.33. The van der Waals surface area contributed by atoms with E-state index in [0.29, 0.717) is 0 Å². The Morgan fingerprint density at radius 1 is 1.64 bits per heavy atom. The zero-order chi connectivity index (χ0) is 10.7. The summed E-state index contributed by atoms with van der Waals surface area (Å²) in [6, 6.07) is 4.48. The monoisotopic (exact) mass is 211 g/mol. The van der Waals surface area contributed by atoms with Gasteiger partial charge >= 0.3 is 5.97 Å². The van der Waals surface area contributed by atoms with Crippen LogP contribution in [0.2, 0.25) is 5.02 Å². The highest BCUT2D eigenvalue weighted by atomic mass is 35.5. The minimum absolute atomic E-state index is 0.0564. The van der Waals surface area contributed by atoms with E-state index in [2.05, 4.69) is 0 Å². The summed E-state index contributed by atoms with van der Waals surface area (Å²) in [5.41, 5.74) is 0.130. The molecule has 0 aromatic heterocycles. The number of hydrogen-bond donors (Lipinski definition) is 1. The van der Waals surface area contributed by atoms with Gasteiger partial charge in [-0.15, -0.1) is 0 Å². The normalized spacial score (nSPS) is 9.21. The van der Waals surface area contributed by atoms with Gasteiger partial charge in [0.15, 0.2) is 5.75 Å². The van der Waals surface area contributed by atoms with Crippen LogP contribution in [0.1, 0.15) is 15.9 Å². The van der Waals surface area contributed by atoms with Gasteiger partial charge in [-0.1, -0.05) is 11.6 Å². The minimum atomic E-state index is -1.15. The number of methoxy groups -OCH3 is 1. The lowest BCUT2D eigenvalue weighted by Gasteiger charge is -2.06. The summed E-state index contributed by atoms with van der Waals surface area (Å²) in [6.45, 7) is 0. The molecule has 1 N–H and O–H groups in total. The molecular weight excluding hydrogens is 206 g/mol. The Labute approximate surface area is 85.3 Å². The Bertz CT molecular complexity index is 423. The Morgan fingerprint density at radius 2 is 2.29 bits per heavy atom. The first-order valence-electron chi connectivity index (χ1n) is 3.61. The smallest absolute Gasteiger partial charge is 0.337 e. The fourth-order valence-corrected chi connectivity index (χ4v) is 1.33. The number of aromatic carboxylic acids is 1. The quantitative estimate of drug-likeness (QED) is 0.811. The molecule has 0 amide bonds. The predicted molar refractivity (Wildman–Crippen MR) is 49.7 cm³/mol. The van der Waals surface area contributed by atoms with Crippen LogP contribution in [0.25, 0.3) is 0 Å². The summed E-state index contributed by atoms with van der Waals surface area (Å²) in [4.78, 5) is 10.7. The number of halogens is 1. The highest BCUT2D eigenvalue weighted by molar-refractivity contribution is 6.35. The van der Waals surface area contributed by atoms with E-state index in [9.17, 15) is 4.79 Å². The lowest BCUT2D eigenvalue weighted by Crippen LogP contribution is -2.00. The van der Waals surface area contributed by atoms with E-state index >= 15 is 0 Å². The van der Waals surface area contributed by atoms with Crippen molar-refractivity contribution in [3.05, 3.63) is 28.3 Å². The van der Waals surface area contributed by atoms with Gasteiger partial charge in [0.1, 0.15) is 6.07 Å². The summed E-state index contributed by atoms with van der Waals surface area (Å²) in [5, 5.41) is 17.3. The Balaban J connectivity index is 3.44. The number of hydrogen-bond acceptors (Lipinski definition) is 3. The van der Waals surface area contributed by atoms with Crippen molar-refractivity contribution in [2.24, 2.45) is 0 Å². The Kier molecular flexibility index (Phi) is 2.95. The van der Waals surface area contributed by atoms with Gasteiger partial charge in [-0.25, -0.2) is 4.79 Å². The Morgan fingerprint density at radius 3 is 2.71 bits per heavy atom. The van der Waals surface area contributed by atoms with Gasteiger partial charge < -0.3 is 9.84 Å². The second kappa shape index (κ2) is 3.99. The maximum Gasteiger partial charge on any atom is 0.337 e. The van der Waals surface area contributed by atoms with Crippen LogP contribution in [-0.4, -0.2) is 18.2 Å². The molecule has 1 rings (SSSR count). The number of ether oxygens (including phenoxy) is 1. The molecule has 0 aliphatic rings. The van der Waals surface area contributed by atoms with Crippen molar-refractivity contribution >= 4 is 17.6 Å². The number of carboxylic acids is 1. The van der Waals surface area contributed by atoms with Crippen LogP contribution >= 0.6 is 11.6 Å². The van der Waals surface area contributed by atoms with E-state index in [1.807, 2.05) is 6.07 Å². The maximum atomic E-state index is 10.7. The largest absolute Gasteiger partial charge is 0.494 e. The van der Waals surface area contributed by atoms with Gasteiger partial charge in [-0.3, -0.25) is 0 Å². The molecule has 0 bridgehead atoms. The molecule has 0 unspecified atom stereocenters. The third-order valence-electron chi connectivity index (χ3n) is 1.65. The van der Waals surface area contributed by atoms with Gasteiger partial charge in [0, 0.05) is 0 Å². The van der Waals surface area contributed by atoms with Gasteiger partial charge in [0.2, 0.25) is 0 Å². The number of nitrogens with zero attached hydrogens (tertiary/aromatic N) is 1. The van der Waals surface area contributed by atoms with Crippen LogP contribution in [0.3, 0.4) is 0 Å².